The topological polar surface area (TPSA) is 70.0 Å². The summed E-state index contributed by atoms with van der Waals surface area (Å²) in [6.07, 6.45) is 1.80. The van der Waals surface area contributed by atoms with Crippen LogP contribution in [0, 0.1) is 17.2 Å². The van der Waals surface area contributed by atoms with Crippen molar-refractivity contribution in [2.45, 2.75) is 31.6 Å². The molecule has 4 nitrogen and oxygen atoms in total. The van der Waals surface area contributed by atoms with Crippen molar-refractivity contribution in [1.82, 2.24) is 4.72 Å². The van der Waals surface area contributed by atoms with Crippen molar-refractivity contribution in [3.8, 4) is 6.07 Å². The number of benzene rings is 1. The molecule has 6 heteroatoms. The van der Waals surface area contributed by atoms with Gasteiger partial charge in [0.2, 0.25) is 10.0 Å². The van der Waals surface area contributed by atoms with Crippen LogP contribution in [0.15, 0.2) is 23.1 Å². The molecule has 0 unspecified atom stereocenters. The van der Waals surface area contributed by atoms with Gasteiger partial charge in [-0.25, -0.2) is 13.1 Å². The molecule has 1 rings (SSSR count). The van der Waals surface area contributed by atoms with Crippen LogP contribution in [0.4, 0.5) is 0 Å². The van der Waals surface area contributed by atoms with E-state index < -0.39 is 10.0 Å². The monoisotopic (exact) mass is 300 g/mol. The van der Waals surface area contributed by atoms with Crippen LogP contribution in [0.5, 0.6) is 0 Å². The Labute approximate surface area is 119 Å². The fourth-order valence-corrected chi connectivity index (χ4v) is 3.23. The molecule has 0 aliphatic rings. The van der Waals surface area contributed by atoms with Crippen molar-refractivity contribution in [3.05, 3.63) is 28.8 Å². The van der Waals surface area contributed by atoms with Crippen molar-refractivity contribution in [2.24, 2.45) is 5.92 Å². The van der Waals surface area contributed by atoms with Gasteiger partial charge in [0.05, 0.1) is 5.56 Å². The Balaban J connectivity index is 3.01. The van der Waals surface area contributed by atoms with Crippen LogP contribution in [0.3, 0.4) is 0 Å². The summed E-state index contributed by atoms with van der Waals surface area (Å²) in [7, 11) is -3.70. The molecule has 0 saturated carbocycles. The van der Waals surface area contributed by atoms with Gasteiger partial charge in [-0.1, -0.05) is 38.3 Å². The molecule has 0 amide bonds. The van der Waals surface area contributed by atoms with E-state index in [2.05, 4.69) is 4.72 Å². The second kappa shape index (κ2) is 6.90. The van der Waals surface area contributed by atoms with Crippen LogP contribution >= 0.6 is 11.6 Å². The van der Waals surface area contributed by atoms with E-state index in [9.17, 15) is 8.42 Å². The highest BCUT2D eigenvalue weighted by Crippen LogP contribution is 2.20. The van der Waals surface area contributed by atoms with Crippen LogP contribution in [-0.2, 0) is 10.0 Å². The number of sulfonamides is 1. The minimum atomic E-state index is -3.70. The van der Waals surface area contributed by atoms with Gasteiger partial charge >= 0.3 is 0 Å². The van der Waals surface area contributed by atoms with Gasteiger partial charge in [0, 0.05) is 11.6 Å². The van der Waals surface area contributed by atoms with E-state index in [1.165, 1.54) is 18.2 Å². The first kappa shape index (κ1) is 16.0. The Hall–Kier alpha value is -1.09. The Morgan fingerprint density at radius 2 is 2.00 bits per heavy atom. The molecule has 19 heavy (non-hydrogen) atoms. The fraction of sp³-hybridized carbons (Fsp3) is 0.462. The maximum absolute atomic E-state index is 12.2. The number of hydrogen-bond acceptors (Lipinski definition) is 3. The standard InChI is InChI=1S/C13H17ClN2O2S/c1-3-10(4-2)9-16-19(17,18)13-7-12(14)6-5-11(13)8-15/h5-7,10,16H,3-4,9H2,1-2H3. The number of nitrogens with one attached hydrogen (secondary N) is 1. The number of nitrogens with zero attached hydrogens (tertiary/aromatic N) is 1. The second-order valence-electron chi connectivity index (χ2n) is 4.29. The normalized spacial score (nSPS) is 11.5. The van der Waals surface area contributed by atoms with E-state index in [0.29, 0.717) is 17.5 Å². The molecule has 0 aliphatic heterocycles. The third-order valence-corrected chi connectivity index (χ3v) is 4.77. The second-order valence-corrected chi connectivity index (χ2v) is 6.46. The molecule has 0 aliphatic carbocycles. The molecule has 1 N–H and O–H groups in total. The zero-order chi connectivity index (χ0) is 14.5. The van der Waals surface area contributed by atoms with Crippen molar-refractivity contribution >= 4 is 21.6 Å². The lowest BCUT2D eigenvalue weighted by Gasteiger charge is -2.14. The predicted octanol–water partition coefficient (Wildman–Crippen LogP) is 2.93. The first-order valence-corrected chi connectivity index (χ1v) is 8.00. The third-order valence-electron chi connectivity index (χ3n) is 3.07. The van der Waals surface area contributed by atoms with Crippen molar-refractivity contribution in [2.75, 3.05) is 6.54 Å². The average Bonchev–Trinajstić information content (AvgIpc) is 2.39. The Kier molecular flexibility index (Phi) is 5.80. The molecule has 0 atom stereocenters. The van der Waals surface area contributed by atoms with E-state index in [1.54, 1.807) is 0 Å². The van der Waals surface area contributed by atoms with E-state index in [1.807, 2.05) is 19.9 Å². The minimum absolute atomic E-state index is 0.0616. The highest BCUT2D eigenvalue weighted by molar-refractivity contribution is 7.89. The maximum Gasteiger partial charge on any atom is 0.241 e. The van der Waals surface area contributed by atoms with Gasteiger partial charge in [-0.3, -0.25) is 0 Å². The van der Waals surface area contributed by atoms with Gasteiger partial charge in [-0.2, -0.15) is 5.26 Å². The summed E-state index contributed by atoms with van der Waals surface area (Å²) in [4.78, 5) is -0.0616. The summed E-state index contributed by atoms with van der Waals surface area (Å²) in [5.74, 6) is 0.291. The van der Waals surface area contributed by atoms with Crippen LogP contribution in [0.25, 0.3) is 0 Å². The van der Waals surface area contributed by atoms with Gasteiger partial charge in [0.1, 0.15) is 11.0 Å². The lowest BCUT2D eigenvalue weighted by atomic mass is 10.0. The molecule has 0 heterocycles. The Morgan fingerprint density at radius 3 is 2.53 bits per heavy atom. The third kappa shape index (κ3) is 4.20. The van der Waals surface area contributed by atoms with Gasteiger partial charge in [0.15, 0.2) is 0 Å². The van der Waals surface area contributed by atoms with Gasteiger partial charge in [0.25, 0.3) is 0 Å². The van der Waals surface area contributed by atoms with E-state index in [-0.39, 0.29) is 10.5 Å². The predicted molar refractivity (Wildman–Crippen MR) is 75.4 cm³/mol. The van der Waals surface area contributed by atoms with E-state index in [4.69, 9.17) is 16.9 Å². The van der Waals surface area contributed by atoms with Gasteiger partial charge in [-0.15, -0.1) is 0 Å². The summed E-state index contributed by atoms with van der Waals surface area (Å²) in [5.41, 5.74) is 0.0986. The Bertz CT molecular complexity index is 575. The molecule has 0 aromatic heterocycles. The minimum Gasteiger partial charge on any atom is -0.211 e. The molecular weight excluding hydrogens is 284 g/mol. The first-order chi connectivity index (χ1) is 8.94. The smallest absolute Gasteiger partial charge is 0.211 e. The molecule has 0 radical (unpaired) electrons. The average molecular weight is 301 g/mol. The number of halogens is 1. The molecule has 0 saturated heterocycles. The highest BCUT2D eigenvalue weighted by Gasteiger charge is 2.20. The quantitative estimate of drug-likeness (QED) is 0.878. The number of rotatable bonds is 6. The Morgan fingerprint density at radius 1 is 1.37 bits per heavy atom. The summed E-state index contributed by atoms with van der Waals surface area (Å²) in [5, 5.41) is 9.25. The fourth-order valence-electron chi connectivity index (χ4n) is 1.69. The summed E-state index contributed by atoms with van der Waals surface area (Å²) >= 11 is 5.80. The summed E-state index contributed by atoms with van der Waals surface area (Å²) < 4.78 is 26.9. The van der Waals surface area contributed by atoms with E-state index >= 15 is 0 Å². The number of nitriles is 1. The lowest BCUT2D eigenvalue weighted by Crippen LogP contribution is -2.29. The lowest BCUT2D eigenvalue weighted by molar-refractivity contribution is 0.479. The van der Waals surface area contributed by atoms with Crippen LogP contribution in [0.2, 0.25) is 5.02 Å². The van der Waals surface area contributed by atoms with Crippen molar-refractivity contribution < 1.29 is 8.42 Å². The molecule has 1 aromatic carbocycles. The number of hydrogen-bond donors (Lipinski definition) is 1. The molecule has 0 bridgehead atoms. The summed E-state index contributed by atoms with van der Waals surface area (Å²) in [6.45, 7) is 4.40. The molecule has 0 fully saturated rings. The van der Waals surface area contributed by atoms with Gasteiger partial charge < -0.3 is 0 Å². The van der Waals surface area contributed by atoms with Crippen LogP contribution in [0.1, 0.15) is 32.3 Å². The van der Waals surface area contributed by atoms with Crippen molar-refractivity contribution in [1.29, 1.82) is 5.26 Å². The first-order valence-electron chi connectivity index (χ1n) is 6.13. The van der Waals surface area contributed by atoms with Crippen LogP contribution in [-0.4, -0.2) is 15.0 Å². The molecule has 104 valence electrons. The molecule has 1 aromatic rings. The molecule has 0 spiro atoms. The van der Waals surface area contributed by atoms with E-state index in [0.717, 1.165) is 12.8 Å². The zero-order valence-electron chi connectivity index (χ0n) is 11.0. The maximum atomic E-state index is 12.2. The van der Waals surface area contributed by atoms with Crippen molar-refractivity contribution in [3.63, 3.8) is 0 Å². The van der Waals surface area contributed by atoms with Gasteiger partial charge in [-0.05, 0) is 24.1 Å². The SMILES string of the molecule is CCC(CC)CNS(=O)(=O)c1cc(Cl)ccc1C#N. The zero-order valence-corrected chi connectivity index (χ0v) is 12.6. The summed E-state index contributed by atoms with van der Waals surface area (Å²) in [6, 6.07) is 6.08. The molecular formula is C13H17ClN2O2S. The van der Waals surface area contributed by atoms with Crippen LogP contribution < -0.4 is 4.72 Å². The largest absolute Gasteiger partial charge is 0.241 e. The highest BCUT2D eigenvalue weighted by atomic mass is 35.5.